The van der Waals surface area contributed by atoms with Crippen LogP contribution in [0.5, 0.6) is 0 Å². The third kappa shape index (κ3) is 5.24. The highest BCUT2D eigenvalue weighted by molar-refractivity contribution is 8.00. The molecule has 0 aliphatic carbocycles. The van der Waals surface area contributed by atoms with Gasteiger partial charge in [0.05, 0.1) is 17.3 Å². The number of thioether (sulfide) groups is 1. The molecule has 0 N–H and O–H groups in total. The molecule has 2 rings (SSSR count). The van der Waals surface area contributed by atoms with Gasteiger partial charge in [-0.2, -0.15) is 0 Å². The van der Waals surface area contributed by atoms with Crippen molar-refractivity contribution in [3.05, 3.63) is 30.3 Å². The minimum absolute atomic E-state index is 0.0280. The fourth-order valence-corrected chi connectivity index (χ4v) is 4.96. The SMILES string of the molecule is C[C@@H](OC(=O)CSc1ccccc1)C(=O)N(C)[C@H]1CCS(=O)(=O)C1. The first-order valence-corrected chi connectivity index (χ1v) is 10.4. The highest BCUT2D eigenvalue weighted by atomic mass is 32.2. The van der Waals surface area contributed by atoms with Gasteiger partial charge in [-0.25, -0.2) is 8.42 Å². The Morgan fingerprint density at radius 2 is 2.00 bits per heavy atom. The van der Waals surface area contributed by atoms with Crippen molar-refractivity contribution in [1.29, 1.82) is 0 Å². The Kier molecular flexibility index (Phi) is 6.28. The number of hydrogen-bond donors (Lipinski definition) is 0. The molecule has 1 aromatic carbocycles. The van der Waals surface area contributed by atoms with Gasteiger partial charge in [0.15, 0.2) is 15.9 Å². The highest BCUT2D eigenvalue weighted by Gasteiger charge is 2.34. The van der Waals surface area contributed by atoms with Gasteiger partial charge in [-0.3, -0.25) is 9.59 Å². The van der Waals surface area contributed by atoms with Crippen molar-refractivity contribution in [3.8, 4) is 0 Å². The monoisotopic (exact) mass is 371 g/mol. The number of carbonyl (C=O) groups is 2. The molecule has 2 atom stereocenters. The third-order valence-electron chi connectivity index (χ3n) is 3.86. The molecular formula is C16H21NO5S2. The molecule has 1 aliphatic heterocycles. The number of hydrogen-bond acceptors (Lipinski definition) is 6. The molecule has 0 aromatic heterocycles. The summed E-state index contributed by atoms with van der Waals surface area (Å²) in [5.74, 6) is -0.674. The lowest BCUT2D eigenvalue weighted by Gasteiger charge is -2.26. The van der Waals surface area contributed by atoms with Crippen LogP contribution in [0.15, 0.2) is 35.2 Å². The first kappa shape index (κ1) is 18.8. The van der Waals surface area contributed by atoms with Gasteiger partial charge in [0.25, 0.3) is 5.91 Å². The van der Waals surface area contributed by atoms with Gasteiger partial charge in [0.1, 0.15) is 0 Å². The number of sulfone groups is 1. The van der Waals surface area contributed by atoms with Crippen LogP contribution in [-0.2, 0) is 24.2 Å². The summed E-state index contributed by atoms with van der Waals surface area (Å²) < 4.78 is 28.2. The fourth-order valence-electron chi connectivity index (χ4n) is 2.49. The number of nitrogens with zero attached hydrogens (tertiary/aromatic N) is 1. The van der Waals surface area contributed by atoms with Gasteiger partial charge in [-0.05, 0) is 25.5 Å². The van der Waals surface area contributed by atoms with Crippen LogP contribution in [-0.4, -0.2) is 61.6 Å². The number of likely N-dealkylation sites (N-methyl/N-ethyl adjacent to an activating group) is 1. The van der Waals surface area contributed by atoms with Gasteiger partial charge in [-0.1, -0.05) is 18.2 Å². The first-order valence-electron chi connectivity index (χ1n) is 7.63. The van der Waals surface area contributed by atoms with Crippen molar-refractivity contribution >= 4 is 33.5 Å². The average molecular weight is 371 g/mol. The van der Waals surface area contributed by atoms with Crippen LogP contribution in [0.4, 0.5) is 0 Å². The first-order chi connectivity index (χ1) is 11.3. The summed E-state index contributed by atoms with van der Waals surface area (Å²) in [5.41, 5.74) is 0. The molecule has 1 aliphatic rings. The minimum Gasteiger partial charge on any atom is -0.452 e. The van der Waals surface area contributed by atoms with Gasteiger partial charge in [0, 0.05) is 18.0 Å². The molecule has 0 bridgehead atoms. The molecule has 1 fully saturated rings. The van der Waals surface area contributed by atoms with Gasteiger partial charge in [-0.15, -0.1) is 11.8 Å². The summed E-state index contributed by atoms with van der Waals surface area (Å²) in [4.78, 5) is 26.5. The molecule has 1 aromatic rings. The van der Waals surface area contributed by atoms with Crippen molar-refractivity contribution in [2.45, 2.75) is 30.4 Å². The van der Waals surface area contributed by atoms with Crippen LogP contribution in [0.2, 0.25) is 0 Å². The second-order valence-corrected chi connectivity index (χ2v) is 9.02. The quantitative estimate of drug-likeness (QED) is 0.555. The molecule has 0 spiro atoms. The lowest BCUT2D eigenvalue weighted by molar-refractivity contribution is -0.157. The van der Waals surface area contributed by atoms with Crippen LogP contribution in [0.1, 0.15) is 13.3 Å². The van der Waals surface area contributed by atoms with Crippen LogP contribution in [0, 0.1) is 0 Å². The average Bonchev–Trinajstić information content (AvgIpc) is 2.92. The van der Waals surface area contributed by atoms with Gasteiger partial charge >= 0.3 is 5.97 Å². The number of esters is 1. The summed E-state index contributed by atoms with van der Waals surface area (Å²) in [6.07, 6.45) is -0.503. The number of carbonyl (C=O) groups excluding carboxylic acids is 2. The number of benzene rings is 1. The summed E-state index contributed by atoms with van der Waals surface area (Å²) in [5, 5.41) is 0. The maximum Gasteiger partial charge on any atom is 0.317 e. The molecule has 0 radical (unpaired) electrons. The second kappa shape index (κ2) is 8.02. The predicted molar refractivity (Wildman–Crippen MR) is 92.5 cm³/mol. The Labute approximate surface area is 146 Å². The van der Waals surface area contributed by atoms with E-state index in [0.29, 0.717) is 6.42 Å². The van der Waals surface area contributed by atoms with E-state index in [1.807, 2.05) is 30.3 Å². The molecule has 0 saturated carbocycles. The topological polar surface area (TPSA) is 80.8 Å². The van der Waals surface area contributed by atoms with Crippen molar-refractivity contribution in [3.63, 3.8) is 0 Å². The Morgan fingerprint density at radius 1 is 1.33 bits per heavy atom. The van der Waals surface area contributed by atoms with E-state index in [-0.39, 0.29) is 29.2 Å². The van der Waals surface area contributed by atoms with E-state index in [0.717, 1.165) is 4.90 Å². The van der Waals surface area contributed by atoms with Crippen molar-refractivity contribution in [2.75, 3.05) is 24.3 Å². The molecule has 132 valence electrons. The van der Waals surface area contributed by atoms with E-state index in [1.54, 1.807) is 7.05 Å². The number of ether oxygens (including phenoxy) is 1. The van der Waals surface area contributed by atoms with Crippen molar-refractivity contribution in [2.24, 2.45) is 0 Å². The molecule has 1 amide bonds. The Bertz CT molecular complexity index is 690. The predicted octanol–water partition coefficient (Wildman–Crippen LogP) is 1.36. The number of rotatable bonds is 6. The van der Waals surface area contributed by atoms with E-state index >= 15 is 0 Å². The van der Waals surface area contributed by atoms with Crippen LogP contribution in [0.3, 0.4) is 0 Å². The molecule has 1 saturated heterocycles. The van der Waals surface area contributed by atoms with Gasteiger partial charge in [0.2, 0.25) is 0 Å². The van der Waals surface area contributed by atoms with E-state index < -0.39 is 21.9 Å². The number of amides is 1. The van der Waals surface area contributed by atoms with Crippen LogP contribution >= 0.6 is 11.8 Å². The molecule has 6 nitrogen and oxygen atoms in total. The molecule has 0 unspecified atom stereocenters. The third-order valence-corrected chi connectivity index (χ3v) is 6.60. The molecule has 8 heteroatoms. The summed E-state index contributed by atoms with van der Waals surface area (Å²) in [6, 6.07) is 9.08. The van der Waals surface area contributed by atoms with E-state index in [1.165, 1.54) is 23.6 Å². The van der Waals surface area contributed by atoms with E-state index in [9.17, 15) is 18.0 Å². The molecule has 24 heavy (non-hydrogen) atoms. The Balaban J connectivity index is 1.81. The lowest BCUT2D eigenvalue weighted by Crippen LogP contribution is -2.44. The molecule has 1 heterocycles. The smallest absolute Gasteiger partial charge is 0.317 e. The zero-order valence-electron chi connectivity index (χ0n) is 13.7. The highest BCUT2D eigenvalue weighted by Crippen LogP contribution is 2.19. The normalized spacial score (nSPS) is 20.3. The zero-order valence-corrected chi connectivity index (χ0v) is 15.3. The summed E-state index contributed by atoms with van der Waals surface area (Å²) >= 11 is 1.34. The van der Waals surface area contributed by atoms with Crippen LogP contribution < -0.4 is 0 Å². The largest absolute Gasteiger partial charge is 0.452 e. The second-order valence-electron chi connectivity index (χ2n) is 5.74. The van der Waals surface area contributed by atoms with Crippen molar-refractivity contribution < 1.29 is 22.7 Å². The fraction of sp³-hybridized carbons (Fsp3) is 0.500. The Morgan fingerprint density at radius 3 is 2.58 bits per heavy atom. The summed E-state index contributed by atoms with van der Waals surface area (Å²) in [6.45, 7) is 1.51. The standard InChI is InChI=1S/C16H21NO5S2/c1-12(16(19)17(2)13-8-9-24(20,21)11-13)22-15(18)10-23-14-6-4-3-5-7-14/h3-7,12-13H,8-11H2,1-2H3/t12-,13+/m1/s1. The van der Waals surface area contributed by atoms with Crippen molar-refractivity contribution in [1.82, 2.24) is 4.90 Å². The zero-order chi connectivity index (χ0) is 17.7. The maximum absolute atomic E-state index is 12.3. The minimum atomic E-state index is -3.07. The lowest BCUT2D eigenvalue weighted by atomic mass is 10.2. The van der Waals surface area contributed by atoms with E-state index in [4.69, 9.17) is 4.74 Å². The summed E-state index contributed by atoms with van der Waals surface area (Å²) in [7, 11) is -1.51. The maximum atomic E-state index is 12.3. The van der Waals surface area contributed by atoms with E-state index in [2.05, 4.69) is 0 Å². The van der Waals surface area contributed by atoms with Gasteiger partial charge < -0.3 is 9.64 Å². The van der Waals surface area contributed by atoms with Crippen LogP contribution in [0.25, 0.3) is 0 Å². The Hall–Kier alpha value is -1.54. The molecular weight excluding hydrogens is 350 g/mol.